The highest BCUT2D eigenvalue weighted by Crippen LogP contribution is 2.30. The van der Waals surface area contributed by atoms with Gasteiger partial charge in [-0.15, -0.1) is 0 Å². The first-order valence-electron chi connectivity index (χ1n) is 7.77. The summed E-state index contributed by atoms with van der Waals surface area (Å²) in [5.74, 6) is -0.110. The molecular formula is C20H14N2O3. The number of carbonyl (C=O) groups is 2. The standard InChI is InChI=1S/C20H14N2O3/c1-25-15-10-8-13(9-11-15)12-21-22-19(23)16-6-2-4-14-5-3-7-17(18(14)16)20(22)24/h2-12H,1H3/b21-12+. The smallest absolute Gasteiger partial charge is 0.282 e. The number of methoxy groups -OCH3 is 1. The van der Waals surface area contributed by atoms with Gasteiger partial charge in [0.15, 0.2) is 0 Å². The largest absolute Gasteiger partial charge is 0.497 e. The third kappa shape index (κ3) is 2.46. The third-order valence-electron chi connectivity index (χ3n) is 4.19. The minimum Gasteiger partial charge on any atom is -0.497 e. The monoisotopic (exact) mass is 330 g/mol. The zero-order chi connectivity index (χ0) is 17.4. The first kappa shape index (κ1) is 15.1. The average Bonchev–Trinajstić information content (AvgIpc) is 2.66. The molecular weight excluding hydrogens is 316 g/mol. The summed E-state index contributed by atoms with van der Waals surface area (Å²) in [6.07, 6.45) is 1.49. The summed E-state index contributed by atoms with van der Waals surface area (Å²) >= 11 is 0. The number of hydrogen-bond donors (Lipinski definition) is 0. The van der Waals surface area contributed by atoms with E-state index in [1.807, 2.05) is 12.1 Å². The highest BCUT2D eigenvalue weighted by atomic mass is 16.5. The first-order valence-corrected chi connectivity index (χ1v) is 7.77. The molecule has 0 unspecified atom stereocenters. The molecule has 0 bridgehead atoms. The molecule has 2 amide bonds. The fourth-order valence-electron chi connectivity index (χ4n) is 2.94. The van der Waals surface area contributed by atoms with E-state index in [0.29, 0.717) is 16.5 Å². The van der Waals surface area contributed by atoms with Gasteiger partial charge in [0.05, 0.1) is 24.5 Å². The summed E-state index contributed by atoms with van der Waals surface area (Å²) < 4.78 is 5.11. The second kappa shape index (κ2) is 5.87. The fraction of sp³-hybridized carbons (Fsp3) is 0.0500. The molecule has 25 heavy (non-hydrogen) atoms. The second-order valence-corrected chi connectivity index (χ2v) is 5.65. The van der Waals surface area contributed by atoms with E-state index < -0.39 is 11.8 Å². The van der Waals surface area contributed by atoms with E-state index in [1.54, 1.807) is 55.6 Å². The van der Waals surface area contributed by atoms with Gasteiger partial charge >= 0.3 is 0 Å². The maximum atomic E-state index is 12.7. The van der Waals surface area contributed by atoms with Crippen LogP contribution in [-0.2, 0) is 0 Å². The maximum Gasteiger partial charge on any atom is 0.282 e. The maximum absolute atomic E-state index is 12.7. The van der Waals surface area contributed by atoms with Gasteiger partial charge in [-0.2, -0.15) is 10.1 Å². The molecule has 1 aliphatic heterocycles. The zero-order valence-corrected chi connectivity index (χ0v) is 13.5. The van der Waals surface area contributed by atoms with E-state index in [0.717, 1.165) is 21.7 Å². The molecule has 0 aromatic heterocycles. The highest BCUT2D eigenvalue weighted by Gasteiger charge is 2.32. The van der Waals surface area contributed by atoms with Crippen LogP contribution < -0.4 is 4.74 Å². The Morgan fingerprint density at radius 3 is 2.04 bits per heavy atom. The van der Waals surface area contributed by atoms with E-state index >= 15 is 0 Å². The highest BCUT2D eigenvalue weighted by molar-refractivity contribution is 6.25. The summed E-state index contributed by atoms with van der Waals surface area (Å²) in [6.45, 7) is 0. The van der Waals surface area contributed by atoms with Crippen LogP contribution in [0.2, 0.25) is 0 Å². The average molecular weight is 330 g/mol. The van der Waals surface area contributed by atoms with Crippen molar-refractivity contribution in [1.82, 2.24) is 5.01 Å². The van der Waals surface area contributed by atoms with Crippen LogP contribution in [0.1, 0.15) is 26.3 Å². The Kier molecular flexibility index (Phi) is 3.54. The molecule has 5 heteroatoms. The number of hydrogen-bond acceptors (Lipinski definition) is 4. The Morgan fingerprint density at radius 1 is 0.880 bits per heavy atom. The normalized spacial score (nSPS) is 13.7. The van der Waals surface area contributed by atoms with Crippen LogP contribution in [0, 0.1) is 0 Å². The van der Waals surface area contributed by atoms with Crippen molar-refractivity contribution in [3.63, 3.8) is 0 Å². The number of carbonyl (C=O) groups excluding carboxylic acids is 2. The van der Waals surface area contributed by atoms with E-state index in [1.165, 1.54) is 6.21 Å². The van der Waals surface area contributed by atoms with Gasteiger partial charge in [-0.05, 0) is 47.3 Å². The summed E-state index contributed by atoms with van der Waals surface area (Å²) in [4.78, 5) is 25.4. The van der Waals surface area contributed by atoms with Crippen LogP contribution in [0.25, 0.3) is 10.8 Å². The molecule has 0 spiro atoms. The van der Waals surface area contributed by atoms with Crippen molar-refractivity contribution in [2.24, 2.45) is 5.10 Å². The molecule has 0 aliphatic carbocycles. The lowest BCUT2D eigenvalue weighted by atomic mass is 9.95. The number of hydrazone groups is 1. The molecule has 0 radical (unpaired) electrons. The minimum absolute atomic E-state index is 0.418. The van der Waals surface area contributed by atoms with Crippen LogP contribution in [0.4, 0.5) is 0 Å². The van der Waals surface area contributed by atoms with Crippen LogP contribution in [0.5, 0.6) is 5.75 Å². The molecule has 122 valence electrons. The van der Waals surface area contributed by atoms with E-state index in [9.17, 15) is 9.59 Å². The number of amides is 2. The Morgan fingerprint density at radius 2 is 1.48 bits per heavy atom. The van der Waals surface area contributed by atoms with Gasteiger partial charge in [0, 0.05) is 5.39 Å². The van der Waals surface area contributed by atoms with Crippen LogP contribution in [0.15, 0.2) is 65.8 Å². The summed E-state index contributed by atoms with van der Waals surface area (Å²) in [7, 11) is 1.59. The topological polar surface area (TPSA) is 59.0 Å². The van der Waals surface area contributed by atoms with Crippen molar-refractivity contribution in [3.05, 3.63) is 77.4 Å². The second-order valence-electron chi connectivity index (χ2n) is 5.65. The molecule has 0 saturated heterocycles. The summed E-state index contributed by atoms with van der Waals surface area (Å²) in [6, 6.07) is 18.0. The van der Waals surface area contributed by atoms with Gasteiger partial charge in [-0.3, -0.25) is 9.59 Å². The third-order valence-corrected chi connectivity index (χ3v) is 4.19. The quantitative estimate of drug-likeness (QED) is 0.546. The molecule has 3 aromatic rings. The van der Waals surface area contributed by atoms with Gasteiger partial charge in [-0.25, -0.2) is 0 Å². The molecule has 0 atom stereocenters. The number of benzene rings is 3. The molecule has 0 N–H and O–H groups in total. The molecule has 5 nitrogen and oxygen atoms in total. The molecule has 0 saturated carbocycles. The number of ether oxygens (including phenoxy) is 1. The van der Waals surface area contributed by atoms with E-state index in [-0.39, 0.29) is 0 Å². The van der Waals surface area contributed by atoms with Crippen molar-refractivity contribution in [2.75, 3.05) is 7.11 Å². The fourth-order valence-corrected chi connectivity index (χ4v) is 2.94. The van der Waals surface area contributed by atoms with E-state index in [4.69, 9.17) is 4.74 Å². The molecule has 4 rings (SSSR count). The Balaban J connectivity index is 1.73. The number of imide groups is 1. The molecule has 1 aliphatic rings. The predicted molar refractivity (Wildman–Crippen MR) is 95.0 cm³/mol. The van der Waals surface area contributed by atoms with Crippen LogP contribution >= 0.6 is 0 Å². The molecule has 3 aromatic carbocycles. The Hall–Kier alpha value is -3.47. The Labute approximate surface area is 144 Å². The van der Waals surface area contributed by atoms with E-state index in [2.05, 4.69) is 5.10 Å². The van der Waals surface area contributed by atoms with Crippen LogP contribution in [0.3, 0.4) is 0 Å². The van der Waals surface area contributed by atoms with Gasteiger partial charge in [0.1, 0.15) is 5.75 Å². The lowest BCUT2D eigenvalue weighted by Gasteiger charge is -2.22. The summed E-state index contributed by atoms with van der Waals surface area (Å²) in [5, 5.41) is 6.60. The molecule has 1 heterocycles. The van der Waals surface area contributed by atoms with Gasteiger partial charge in [-0.1, -0.05) is 24.3 Å². The minimum atomic E-state index is -0.418. The van der Waals surface area contributed by atoms with Gasteiger partial charge in [0.2, 0.25) is 0 Å². The zero-order valence-electron chi connectivity index (χ0n) is 13.5. The number of rotatable bonds is 3. The van der Waals surface area contributed by atoms with Gasteiger partial charge < -0.3 is 4.74 Å². The van der Waals surface area contributed by atoms with Crippen LogP contribution in [-0.4, -0.2) is 30.1 Å². The predicted octanol–water partition coefficient (Wildman–Crippen LogP) is 3.48. The van der Waals surface area contributed by atoms with Crippen molar-refractivity contribution < 1.29 is 14.3 Å². The van der Waals surface area contributed by atoms with Crippen molar-refractivity contribution in [3.8, 4) is 5.75 Å². The van der Waals surface area contributed by atoms with Gasteiger partial charge in [0.25, 0.3) is 11.8 Å². The van der Waals surface area contributed by atoms with Crippen molar-refractivity contribution in [1.29, 1.82) is 0 Å². The lowest BCUT2D eigenvalue weighted by molar-refractivity contribution is 0.0616. The first-order chi connectivity index (χ1) is 12.2. The summed E-state index contributed by atoms with van der Waals surface area (Å²) in [5.41, 5.74) is 1.73. The Bertz CT molecular complexity index is 972. The van der Waals surface area contributed by atoms with Crippen molar-refractivity contribution >= 4 is 28.8 Å². The van der Waals surface area contributed by atoms with Crippen molar-refractivity contribution in [2.45, 2.75) is 0 Å². The SMILES string of the molecule is COc1ccc(/C=N/N2C(=O)c3cccc4cccc(c34)C2=O)cc1. The lowest BCUT2D eigenvalue weighted by Crippen LogP contribution is -2.36. The molecule has 0 fully saturated rings. The number of nitrogens with zero attached hydrogens (tertiary/aromatic N) is 2.